The molecule has 0 saturated heterocycles. The minimum atomic E-state index is -0.317. The fourth-order valence-electron chi connectivity index (χ4n) is 2.51. The lowest BCUT2D eigenvalue weighted by atomic mass is 9.86. The van der Waals surface area contributed by atoms with Crippen LogP contribution in [0, 0.1) is 6.92 Å². The number of rotatable bonds is 3. The van der Waals surface area contributed by atoms with Crippen LogP contribution in [-0.2, 0) is 5.41 Å². The number of benzene rings is 1. The van der Waals surface area contributed by atoms with Crippen molar-refractivity contribution >= 4 is 17.5 Å². The maximum Gasteiger partial charge on any atom is 0.270 e. The summed E-state index contributed by atoms with van der Waals surface area (Å²) < 4.78 is 0. The van der Waals surface area contributed by atoms with Gasteiger partial charge in [-0.3, -0.25) is 4.79 Å². The number of nitrogens with one attached hydrogen (secondary N) is 2. The van der Waals surface area contributed by atoms with Crippen molar-refractivity contribution in [2.24, 2.45) is 0 Å². The van der Waals surface area contributed by atoms with Crippen LogP contribution < -0.4 is 10.6 Å². The number of carbonyl (C=O) groups excluding carboxylic acids is 1. The maximum atomic E-state index is 12.4. The lowest BCUT2D eigenvalue weighted by Crippen LogP contribution is -2.41. The predicted octanol–water partition coefficient (Wildman–Crippen LogP) is 4.35. The molecule has 5 heteroatoms. The normalized spacial score (nSPS) is 12.0. The van der Waals surface area contributed by atoms with Crippen LogP contribution in [0.5, 0.6) is 0 Å². The molecule has 0 bridgehead atoms. The third-order valence-electron chi connectivity index (χ3n) is 3.56. The topological polar surface area (TPSA) is 66.9 Å². The van der Waals surface area contributed by atoms with Crippen molar-refractivity contribution in [1.29, 1.82) is 0 Å². The van der Waals surface area contributed by atoms with Crippen LogP contribution >= 0.6 is 0 Å². The summed E-state index contributed by atoms with van der Waals surface area (Å²) in [6.45, 7) is 14.2. The van der Waals surface area contributed by atoms with Gasteiger partial charge in [0.05, 0.1) is 0 Å². The largest absolute Gasteiger partial charge is 0.346 e. The number of carbonyl (C=O) groups is 1. The van der Waals surface area contributed by atoms with Gasteiger partial charge in [0.1, 0.15) is 5.69 Å². The number of aryl methyl sites for hydroxylation is 1. The third-order valence-corrected chi connectivity index (χ3v) is 3.56. The van der Waals surface area contributed by atoms with Gasteiger partial charge in [-0.1, -0.05) is 39.0 Å². The predicted molar refractivity (Wildman–Crippen MR) is 102 cm³/mol. The second-order valence-electron chi connectivity index (χ2n) is 8.34. The molecule has 0 radical (unpaired) electrons. The Balaban J connectivity index is 2.35. The van der Waals surface area contributed by atoms with E-state index in [0.717, 1.165) is 11.4 Å². The van der Waals surface area contributed by atoms with Crippen LogP contribution in [-0.4, -0.2) is 21.4 Å². The van der Waals surface area contributed by atoms with Crippen LogP contribution in [0.4, 0.5) is 11.6 Å². The molecule has 2 aromatic rings. The van der Waals surface area contributed by atoms with E-state index in [0.29, 0.717) is 11.6 Å². The van der Waals surface area contributed by atoms with Crippen molar-refractivity contribution in [3.8, 4) is 0 Å². The Hall–Kier alpha value is -2.43. The fourth-order valence-corrected chi connectivity index (χ4v) is 2.51. The van der Waals surface area contributed by atoms with Crippen molar-refractivity contribution in [3.63, 3.8) is 0 Å². The Morgan fingerprint density at radius 2 is 1.64 bits per heavy atom. The SMILES string of the molecule is Cc1cc(C(=O)NC(C)(C)C)nc(Nc2ccccc2C(C)(C)C)n1. The smallest absolute Gasteiger partial charge is 0.270 e. The number of hydrogen-bond donors (Lipinski definition) is 2. The van der Waals surface area contributed by atoms with Crippen molar-refractivity contribution in [3.05, 3.63) is 47.3 Å². The summed E-state index contributed by atoms with van der Waals surface area (Å²) in [7, 11) is 0. The van der Waals surface area contributed by atoms with Crippen molar-refractivity contribution in [2.75, 3.05) is 5.32 Å². The number of anilines is 2. The molecule has 25 heavy (non-hydrogen) atoms. The molecule has 0 atom stereocenters. The molecule has 0 aliphatic carbocycles. The Kier molecular flexibility index (Phi) is 5.16. The van der Waals surface area contributed by atoms with E-state index in [-0.39, 0.29) is 16.9 Å². The summed E-state index contributed by atoms with van der Waals surface area (Å²) in [6, 6.07) is 9.78. The van der Waals surface area contributed by atoms with Gasteiger partial charge in [0.25, 0.3) is 5.91 Å². The van der Waals surface area contributed by atoms with E-state index in [1.54, 1.807) is 6.07 Å². The quantitative estimate of drug-likeness (QED) is 0.871. The minimum Gasteiger partial charge on any atom is -0.346 e. The van der Waals surface area contributed by atoms with Gasteiger partial charge in [0, 0.05) is 16.9 Å². The lowest BCUT2D eigenvalue weighted by molar-refractivity contribution is 0.0914. The first kappa shape index (κ1) is 18.9. The molecule has 0 saturated carbocycles. The molecule has 0 unspecified atom stereocenters. The summed E-state index contributed by atoms with van der Waals surface area (Å²) in [5.41, 5.74) is 2.88. The monoisotopic (exact) mass is 340 g/mol. The van der Waals surface area contributed by atoms with Crippen LogP contribution in [0.2, 0.25) is 0 Å². The molecule has 1 heterocycles. The van der Waals surface area contributed by atoms with Gasteiger partial charge >= 0.3 is 0 Å². The Morgan fingerprint density at radius 1 is 1.00 bits per heavy atom. The third kappa shape index (κ3) is 5.28. The Bertz CT molecular complexity index is 770. The average molecular weight is 340 g/mol. The van der Waals surface area contributed by atoms with E-state index in [9.17, 15) is 4.79 Å². The highest BCUT2D eigenvalue weighted by atomic mass is 16.2. The summed E-state index contributed by atoms with van der Waals surface area (Å²) in [6.07, 6.45) is 0. The van der Waals surface area contributed by atoms with E-state index in [1.165, 1.54) is 5.56 Å². The minimum absolute atomic E-state index is 0.0140. The second kappa shape index (κ2) is 6.82. The van der Waals surface area contributed by atoms with Gasteiger partial charge in [-0.2, -0.15) is 0 Å². The average Bonchev–Trinajstić information content (AvgIpc) is 2.44. The first-order chi connectivity index (χ1) is 11.5. The van der Waals surface area contributed by atoms with Gasteiger partial charge < -0.3 is 10.6 Å². The van der Waals surface area contributed by atoms with Gasteiger partial charge in [-0.15, -0.1) is 0 Å². The van der Waals surface area contributed by atoms with Crippen LogP contribution in [0.25, 0.3) is 0 Å². The molecule has 2 N–H and O–H groups in total. The fraction of sp³-hybridized carbons (Fsp3) is 0.450. The lowest BCUT2D eigenvalue weighted by Gasteiger charge is -2.23. The number of amides is 1. The molecule has 2 rings (SSSR count). The summed E-state index contributed by atoms with van der Waals surface area (Å²) in [4.78, 5) is 21.2. The van der Waals surface area contributed by atoms with E-state index in [2.05, 4.69) is 47.4 Å². The van der Waals surface area contributed by atoms with Crippen LogP contribution in [0.1, 0.15) is 63.3 Å². The summed E-state index contributed by atoms with van der Waals surface area (Å²) in [5, 5.41) is 6.21. The zero-order valence-electron chi connectivity index (χ0n) is 16.2. The molecule has 1 aromatic heterocycles. The molecule has 1 amide bonds. The number of para-hydroxylation sites is 1. The molecule has 134 valence electrons. The second-order valence-corrected chi connectivity index (χ2v) is 8.34. The first-order valence-corrected chi connectivity index (χ1v) is 8.50. The van der Waals surface area contributed by atoms with E-state index < -0.39 is 0 Å². The van der Waals surface area contributed by atoms with Crippen molar-refractivity contribution < 1.29 is 4.79 Å². The van der Waals surface area contributed by atoms with Gasteiger partial charge in [-0.25, -0.2) is 9.97 Å². The molecular formula is C20H28N4O. The number of hydrogen-bond acceptors (Lipinski definition) is 4. The van der Waals surface area contributed by atoms with Gasteiger partial charge in [0.15, 0.2) is 0 Å². The Morgan fingerprint density at radius 3 is 2.24 bits per heavy atom. The number of nitrogens with zero attached hydrogens (tertiary/aromatic N) is 2. The van der Waals surface area contributed by atoms with Crippen LogP contribution in [0.3, 0.4) is 0 Å². The van der Waals surface area contributed by atoms with E-state index >= 15 is 0 Å². The van der Waals surface area contributed by atoms with E-state index in [4.69, 9.17) is 0 Å². The van der Waals surface area contributed by atoms with Crippen molar-refractivity contribution in [1.82, 2.24) is 15.3 Å². The van der Waals surface area contributed by atoms with Crippen molar-refractivity contribution in [2.45, 2.75) is 59.4 Å². The highest BCUT2D eigenvalue weighted by Gasteiger charge is 2.20. The molecule has 0 spiro atoms. The summed E-state index contributed by atoms with van der Waals surface area (Å²) in [5.74, 6) is 0.223. The van der Waals surface area contributed by atoms with E-state index in [1.807, 2.05) is 45.9 Å². The Labute approximate surface area is 150 Å². The van der Waals surface area contributed by atoms with Crippen LogP contribution in [0.15, 0.2) is 30.3 Å². The molecule has 0 aliphatic heterocycles. The molecular weight excluding hydrogens is 312 g/mol. The molecule has 0 aliphatic rings. The van der Waals surface area contributed by atoms with Gasteiger partial charge in [0.2, 0.25) is 5.95 Å². The maximum absolute atomic E-state index is 12.4. The molecule has 0 fully saturated rings. The highest BCUT2D eigenvalue weighted by Crippen LogP contribution is 2.30. The molecule has 1 aromatic carbocycles. The highest BCUT2D eigenvalue weighted by molar-refractivity contribution is 5.93. The molecule has 5 nitrogen and oxygen atoms in total. The standard InChI is InChI=1S/C20H28N4O/c1-13-12-16(17(25)24-20(5,6)7)23-18(21-13)22-15-11-9-8-10-14(15)19(2,3)4/h8-12H,1-7H3,(H,24,25)(H,21,22,23). The first-order valence-electron chi connectivity index (χ1n) is 8.50. The zero-order valence-corrected chi connectivity index (χ0v) is 16.2. The zero-order chi connectivity index (χ0) is 18.8. The summed E-state index contributed by atoms with van der Waals surface area (Å²) >= 11 is 0. The number of aromatic nitrogens is 2. The van der Waals surface area contributed by atoms with Gasteiger partial charge in [-0.05, 0) is 50.8 Å².